The number of aromatic nitrogens is 2. The predicted octanol–water partition coefficient (Wildman–Crippen LogP) is 7.99. The van der Waals surface area contributed by atoms with Crippen LogP contribution in [-0.4, -0.2) is 40.5 Å². The predicted molar refractivity (Wildman–Crippen MR) is 147 cm³/mol. The molecule has 0 saturated heterocycles. The largest absolute Gasteiger partial charge is 0.367 e. The van der Waals surface area contributed by atoms with Crippen molar-refractivity contribution in [2.75, 3.05) is 25.0 Å². The fraction of sp³-hybridized carbons (Fsp3) is 0.357. The third kappa shape index (κ3) is 5.46. The van der Waals surface area contributed by atoms with Crippen LogP contribution >= 0.6 is 23.2 Å². The van der Waals surface area contributed by atoms with Gasteiger partial charge < -0.3 is 10.2 Å². The van der Waals surface area contributed by atoms with Crippen LogP contribution in [-0.2, 0) is 0 Å². The van der Waals surface area contributed by atoms with Crippen LogP contribution in [0.1, 0.15) is 39.2 Å². The van der Waals surface area contributed by atoms with Gasteiger partial charge in [0.1, 0.15) is 5.82 Å². The molecule has 1 heterocycles. The minimum absolute atomic E-state index is 0.305. The summed E-state index contributed by atoms with van der Waals surface area (Å²) in [5.74, 6) is 1.58. The zero-order chi connectivity index (χ0) is 24.2. The van der Waals surface area contributed by atoms with Crippen LogP contribution in [0.3, 0.4) is 0 Å². The summed E-state index contributed by atoms with van der Waals surface area (Å²) in [7, 11) is 0. The Balaban J connectivity index is 1.67. The van der Waals surface area contributed by atoms with Crippen LogP contribution in [0.2, 0.25) is 10.0 Å². The summed E-state index contributed by atoms with van der Waals surface area (Å²) in [6, 6.07) is 16.5. The maximum Gasteiger partial charge on any atom is 0.162 e. The first kappa shape index (κ1) is 24.7. The molecule has 0 amide bonds. The van der Waals surface area contributed by atoms with E-state index in [2.05, 4.69) is 62.2 Å². The molecule has 4 nitrogen and oxygen atoms in total. The number of para-hydroxylation sites is 1. The Morgan fingerprint density at radius 1 is 0.941 bits per heavy atom. The smallest absolute Gasteiger partial charge is 0.162 e. The third-order valence-electron chi connectivity index (χ3n) is 6.45. The molecule has 6 heteroatoms. The molecule has 0 aliphatic carbocycles. The highest BCUT2D eigenvalue weighted by Crippen LogP contribution is 2.32. The summed E-state index contributed by atoms with van der Waals surface area (Å²) in [5, 5.41) is 7.88. The first-order chi connectivity index (χ1) is 16.4. The molecule has 4 rings (SSSR count). The fourth-order valence-electron chi connectivity index (χ4n) is 4.38. The molecule has 178 valence electrons. The first-order valence-electron chi connectivity index (χ1n) is 12.0. The maximum atomic E-state index is 6.27. The van der Waals surface area contributed by atoms with E-state index in [1.54, 1.807) is 0 Å². The molecule has 0 aliphatic heterocycles. The molecule has 0 spiro atoms. The summed E-state index contributed by atoms with van der Waals surface area (Å²) in [4.78, 5) is 12.4. The SMILES string of the molecule is CCN(CC)CCCC(C)Nc1nc(-c2ccc3cc(Cl)c(Cl)cc3c2)nc2c(C)cccc12. The second kappa shape index (κ2) is 10.9. The van der Waals surface area contributed by atoms with E-state index in [0.29, 0.717) is 21.9 Å². The van der Waals surface area contributed by atoms with Crippen molar-refractivity contribution >= 4 is 50.7 Å². The molecule has 0 aliphatic rings. The Morgan fingerprint density at radius 3 is 2.41 bits per heavy atom. The summed E-state index contributed by atoms with van der Waals surface area (Å²) in [6.45, 7) is 12.1. The molecule has 1 aromatic heterocycles. The summed E-state index contributed by atoms with van der Waals surface area (Å²) in [6.07, 6.45) is 2.23. The minimum Gasteiger partial charge on any atom is -0.367 e. The molecule has 1 N–H and O–H groups in total. The normalized spacial score (nSPS) is 12.6. The van der Waals surface area contributed by atoms with Crippen molar-refractivity contribution in [1.29, 1.82) is 0 Å². The summed E-state index contributed by atoms with van der Waals surface area (Å²) in [5.41, 5.74) is 3.06. The van der Waals surface area contributed by atoms with Gasteiger partial charge in [0, 0.05) is 17.0 Å². The van der Waals surface area contributed by atoms with E-state index in [9.17, 15) is 0 Å². The van der Waals surface area contributed by atoms with Gasteiger partial charge in [0.25, 0.3) is 0 Å². The van der Waals surface area contributed by atoms with Crippen molar-refractivity contribution in [1.82, 2.24) is 14.9 Å². The average Bonchev–Trinajstić information content (AvgIpc) is 2.83. The lowest BCUT2D eigenvalue weighted by Gasteiger charge is -2.21. The Kier molecular flexibility index (Phi) is 7.92. The Hall–Kier alpha value is -2.40. The van der Waals surface area contributed by atoms with Gasteiger partial charge in [-0.25, -0.2) is 9.97 Å². The van der Waals surface area contributed by atoms with E-state index in [0.717, 1.165) is 71.1 Å². The topological polar surface area (TPSA) is 41.0 Å². The highest BCUT2D eigenvalue weighted by atomic mass is 35.5. The molecule has 0 radical (unpaired) electrons. The van der Waals surface area contributed by atoms with Gasteiger partial charge in [0.15, 0.2) is 5.82 Å². The Morgan fingerprint density at radius 2 is 1.68 bits per heavy atom. The third-order valence-corrected chi connectivity index (χ3v) is 7.18. The van der Waals surface area contributed by atoms with Crippen molar-refractivity contribution in [3.05, 3.63) is 64.1 Å². The Bertz CT molecular complexity index is 1300. The highest BCUT2D eigenvalue weighted by molar-refractivity contribution is 6.42. The lowest BCUT2D eigenvalue weighted by Crippen LogP contribution is -2.25. The number of rotatable bonds is 9. The second-order valence-corrected chi connectivity index (χ2v) is 9.72. The lowest BCUT2D eigenvalue weighted by molar-refractivity contribution is 0.295. The van der Waals surface area contributed by atoms with Gasteiger partial charge in [0.2, 0.25) is 0 Å². The zero-order valence-corrected chi connectivity index (χ0v) is 21.8. The number of benzene rings is 3. The molecule has 0 fully saturated rings. The number of fused-ring (bicyclic) bond motifs is 2. The maximum absolute atomic E-state index is 6.27. The fourth-order valence-corrected chi connectivity index (χ4v) is 4.73. The van der Waals surface area contributed by atoms with Gasteiger partial charge in [-0.3, -0.25) is 0 Å². The second-order valence-electron chi connectivity index (χ2n) is 8.91. The van der Waals surface area contributed by atoms with E-state index < -0.39 is 0 Å². The number of nitrogens with zero attached hydrogens (tertiary/aromatic N) is 3. The summed E-state index contributed by atoms with van der Waals surface area (Å²) < 4.78 is 0. The van der Waals surface area contributed by atoms with Crippen LogP contribution in [0.5, 0.6) is 0 Å². The van der Waals surface area contributed by atoms with Gasteiger partial charge in [-0.2, -0.15) is 0 Å². The van der Waals surface area contributed by atoms with E-state index >= 15 is 0 Å². The molecule has 34 heavy (non-hydrogen) atoms. The molecule has 4 aromatic rings. The van der Waals surface area contributed by atoms with Crippen molar-refractivity contribution in [2.24, 2.45) is 0 Å². The lowest BCUT2D eigenvalue weighted by atomic mass is 10.1. The number of hydrogen-bond donors (Lipinski definition) is 1. The quantitative estimate of drug-likeness (QED) is 0.256. The van der Waals surface area contributed by atoms with E-state index in [1.165, 1.54) is 0 Å². The number of aryl methyl sites for hydroxylation is 1. The molecule has 0 saturated carbocycles. The average molecular weight is 495 g/mol. The van der Waals surface area contributed by atoms with E-state index in [4.69, 9.17) is 33.2 Å². The van der Waals surface area contributed by atoms with Gasteiger partial charge >= 0.3 is 0 Å². The molecule has 1 unspecified atom stereocenters. The highest BCUT2D eigenvalue weighted by Gasteiger charge is 2.14. The van der Waals surface area contributed by atoms with E-state index in [1.807, 2.05) is 24.3 Å². The number of anilines is 1. The molecule has 0 bridgehead atoms. The van der Waals surface area contributed by atoms with Gasteiger partial charge in [-0.05, 0) is 86.9 Å². The van der Waals surface area contributed by atoms with Gasteiger partial charge in [-0.1, -0.05) is 61.3 Å². The van der Waals surface area contributed by atoms with Crippen LogP contribution in [0.15, 0.2) is 48.5 Å². The van der Waals surface area contributed by atoms with Crippen LogP contribution < -0.4 is 5.32 Å². The molecular weight excluding hydrogens is 463 g/mol. The van der Waals surface area contributed by atoms with Crippen LogP contribution in [0.4, 0.5) is 5.82 Å². The van der Waals surface area contributed by atoms with E-state index in [-0.39, 0.29) is 0 Å². The number of nitrogens with one attached hydrogen (secondary N) is 1. The number of hydrogen-bond acceptors (Lipinski definition) is 4. The molecule has 1 atom stereocenters. The monoisotopic (exact) mass is 494 g/mol. The zero-order valence-electron chi connectivity index (χ0n) is 20.3. The Labute approximate surface area is 212 Å². The standard InChI is InChI=1S/C28H32Cl2N4/c1-5-34(6-2)14-8-10-19(4)31-28-23-11-7-9-18(3)26(23)32-27(33-28)21-13-12-20-16-24(29)25(30)17-22(20)15-21/h7,9,11-13,15-17,19H,5-6,8,10,14H2,1-4H3,(H,31,32,33). The van der Waals surface area contributed by atoms with Gasteiger partial charge in [-0.15, -0.1) is 0 Å². The summed E-state index contributed by atoms with van der Waals surface area (Å²) >= 11 is 12.5. The van der Waals surface area contributed by atoms with Gasteiger partial charge in [0.05, 0.1) is 15.6 Å². The first-order valence-corrected chi connectivity index (χ1v) is 12.8. The van der Waals surface area contributed by atoms with Crippen molar-refractivity contribution in [2.45, 2.75) is 46.6 Å². The molecular formula is C28H32Cl2N4. The molecule has 3 aromatic carbocycles. The van der Waals surface area contributed by atoms with Crippen molar-refractivity contribution < 1.29 is 0 Å². The van der Waals surface area contributed by atoms with Crippen molar-refractivity contribution in [3.8, 4) is 11.4 Å². The van der Waals surface area contributed by atoms with Crippen LogP contribution in [0, 0.1) is 6.92 Å². The van der Waals surface area contributed by atoms with Crippen LogP contribution in [0.25, 0.3) is 33.1 Å². The number of halogens is 2. The van der Waals surface area contributed by atoms with Crippen molar-refractivity contribution in [3.63, 3.8) is 0 Å². The minimum atomic E-state index is 0.305.